The number of nitriles is 1. The Bertz CT molecular complexity index is 825. The Morgan fingerprint density at radius 1 is 1.43 bits per heavy atom. The van der Waals surface area contributed by atoms with Gasteiger partial charge in [0.05, 0.1) is 21.7 Å². The first-order valence-corrected chi connectivity index (χ1v) is 8.52. The van der Waals surface area contributed by atoms with Crippen LogP contribution in [0.5, 0.6) is 5.88 Å². The summed E-state index contributed by atoms with van der Waals surface area (Å²) in [7, 11) is 0. The van der Waals surface area contributed by atoms with Crippen LogP contribution in [-0.4, -0.2) is 10.2 Å². The van der Waals surface area contributed by atoms with E-state index in [1.54, 1.807) is 11.3 Å². The predicted octanol–water partition coefficient (Wildman–Crippen LogP) is 3.66. The number of aromatic amines is 1. The fraction of sp³-hybridized carbons (Fsp3) is 0.294. The van der Waals surface area contributed by atoms with Crippen molar-refractivity contribution in [3.8, 4) is 22.5 Å². The zero-order valence-corrected chi connectivity index (χ0v) is 13.3. The predicted molar refractivity (Wildman–Crippen MR) is 88.6 cm³/mol. The van der Waals surface area contributed by atoms with Crippen LogP contribution in [-0.2, 0) is 0 Å². The van der Waals surface area contributed by atoms with Crippen molar-refractivity contribution in [2.75, 3.05) is 0 Å². The molecule has 2 aromatic heterocycles. The number of aromatic nitrogens is 2. The fourth-order valence-electron chi connectivity index (χ4n) is 3.48. The SMILES string of the molecule is N#CC1=C(N)Oc2n[nH]c(-c3cccs3)c2C1C1CC=CCC1. The van der Waals surface area contributed by atoms with Crippen LogP contribution in [0.3, 0.4) is 0 Å². The molecule has 2 unspecified atom stereocenters. The number of allylic oxidation sites excluding steroid dienone is 3. The molecule has 0 aromatic carbocycles. The molecule has 1 aliphatic carbocycles. The molecule has 0 spiro atoms. The second-order valence-corrected chi connectivity index (χ2v) is 6.76. The van der Waals surface area contributed by atoms with Crippen molar-refractivity contribution in [1.29, 1.82) is 5.26 Å². The monoisotopic (exact) mass is 324 g/mol. The number of ether oxygens (including phenoxy) is 1. The van der Waals surface area contributed by atoms with Crippen LogP contribution in [0.25, 0.3) is 10.6 Å². The first-order valence-electron chi connectivity index (χ1n) is 7.64. The molecule has 2 aromatic rings. The summed E-state index contributed by atoms with van der Waals surface area (Å²) in [5.41, 5.74) is 8.43. The molecule has 0 saturated heterocycles. The van der Waals surface area contributed by atoms with Gasteiger partial charge in [0.15, 0.2) is 0 Å². The Kier molecular flexibility index (Phi) is 3.43. The molecule has 4 rings (SSSR count). The van der Waals surface area contributed by atoms with E-state index in [-0.39, 0.29) is 11.8 Å². The van der Waals surface area contributed by atoms with E-state index in [0.29, 0.717) is 17.4 Å². The van der Waals surface area contributed by atoms with Crippen LogP contribution < -0.4 is 10.5 Å². The Balaban J connectivity index is 1.87. The van der Waals surface area contributed by atoms with Gasteiger partial charge in [-0.25, -0.2) is 0 Å². The number of thiophene rings is 1. The number of hydrogen-bond acceptors (Lipinski definition) is 5. The molecule has 116 valence electrons. The molecule has 5 nitrogen and oxygen atoms in total. The van der Waals surface area contributed by atoms with Crippen LogP contribution in [0.2, 0.25) is 0 Å². The standard InChI is InChI=1S/C17H16N4OS/c18-9-11-13(10-5-2-1-3-6-10)14-15(12-7-4-8-23-12)20-21-17(14)22-16(11)19/h1-2,4,7-8,10,13H,3,5-6,19H2,(H,20,21). The van der Waals surface area contributed by atoms with Crippen molar-refractivity contribution >= 4 is 11.3 Å². The summed E-state index contributed by atoms with van der Waals surface area (Å²) in [4.78, 5) is 1.09. The van der Waals surface area contributed by atoms with E-state index in [1.165, 1.54) is 0 Å². The highest BCUT2D eigenvalue weighted by Crippen LogP contribution is 2.49. The minimum atomic E-state index is -0.0652. The summed E-state index contributed by atoms with van der Waals surface area (Å²) in [6.07, 6.45) is 7.40. The van der Waals surface area contributed by atoms with Gasteiger partial charge in [-0.3, -0.25) is 5.10 Å². The Morgan fingerprint density at radius 2 is 2.35 bits per heavy atom. The minimum absolute atomic E-state index is 0.0652. The average Bonchev–Trinajstić information content (AvgIpc) is 3.23. The maximum Gasteiger partial charge on any atom is 0.244 e. The molecule has 0 amide bonds. The maximum atomic E-state index is 9.63. The largest absolute Gasteiger partial charge is 0.420 e. The summed E-state index contributed by atoms with van der Waals surface area (Å²) in [5, 5.41) is 19.0. The normalized spacial score (nSPS) is 23.3. The molecular weight excluding hydrogens is 308 g/mol. The quantitative estimate of drug-likeness (QED) is 0.825. The third-order valence-electron chi connectivity index (χ3n) is 4.53. The van der Waals surface area contributed by atoms with Crippen LogP contribution >= 0.6 is 11.3 Å². The molecule has 23 heavy (non-hydrogen) atoms. The molecule has 0 bridgehead atoms. The molecule has 3 heterocycles. The summed E-state index contributed by atoms with van der Waals surface area (Å²) in [6, 6.07) is 6.32. The topological polar surface area (TPSA) is 87.7 Å². The van der Waals surface area contributed by atoms with Crippen molar-refractivity contribution in [2.24, 2.45) is 11.7 Å². The Labute approximate surface area is 138 Å². The van der Waals surface area contributed by atoms with Crippen molar-refractivity contribution < 1.29 is 4.74 Å². The molecule has 2 atom stereocenters. The van der Waals surface area contributed by atoms with Crippen molar-refractivity contribution in [2.45, 2.75) is 25.2 Å². The lowest BCUT2D eigenvalue weighted by molar-refractivity contribution is 0.340. The van der Waals surface area contributed by atoms with Gasteiger partial charge in [-0.15, -0.1) is 16.4 Å². The molecule has 6 heteroatoms. The number of nitrogens with two attached hydrogens (primary N) is 1. The van der Waals surface area contributed by atoms with E-state index in [9.17, 15) is 5.26 Å². The van der Waals surface area contributed by atoms with E-state index >= 15 is 0 Å². The molecular formula is C17H16N4OS. The Morgan fingerprint density at radius 3 is 3.04 bits per heavy atom. The third-order valence-corrected chi connectivity index (χ3v) is 5.42. The molecule has 3 N–H and O–H groups in total. The van der Waals surface area contributed by atoms with E-state index in [2.05, 4.69) is 28.4 Å². The summed E-state index contributed by atoms with van der Waals surface area (Å²) in [5.74, 6) is 0.963. The number of nitrogens with one attached hydrogen (secondary N) is 1. The molecule has 0 fully saturated rings. The second-order valence-electron chi connectivity index (χ2n) is 5.81. The van der Waals surface area contributed by atoms with Gasteiger partial charge < -0.3 is 10.5 Å². The average molecular weight is 324 g/mol. The van der Waals surface area contributed by atoms with E-state index in [1.807, 2.05) is 17.5 Å². The number of hydrogen-bond donors (Lipinski definition) is 2. The number of fused-ring (bicyclic) bond motifs is 1. The molecule has 2 aliphatic rings. The lowest BCUT2D eigenvalue weighted by Gasteiger charge is -2.31. The number of H-pyrrole nitrogens is 1. The first-order chi connectivity index (χ1) is 11.3. The highest BCUT2D eigenvalue weighted by molar-refractivity contribution is 7.13. The van der Waals surface area contributed by atoms with Gasteiger partial charge in [-0.1, -0.05) is 18.2 Å². The van der Waals surface area contributed by atoms with Crippen molar-refractivity contribution in [3.63, 3.8) is 0 Å². The smallest absolute Gasteiger partial charge is 0.244 e. The highest BCUT2D eigenvalue weighted by atomic mass is 32.1. The van der Waals surface area contributed by atoms with Gasteiger partial charge in [0.1, 0.15) is 6.07 Å². The van der Waals surface area contributed by atoms with E-state index in [0.717, 1.165) is 35.4 Å². The third kappa shape index (κ3) is 2.25. The van der Waals surface area contributed by atoms with Crippen LogP contribution in [0, 0.1) is 17.2 Å². The van der Waals surface area contributed by atoms with Crippen LogP contribution in [0.15, 0.2) is 41.1 Å². The first kappa shape index (κ1) is 14.1. The molecule has 1 aliphatic heterocycles. The Hall–Kier alpha value is -2.52. The molecule has 0 saturated carbocycles. The second kappa shape index (κ2) is 5.60. The zero-order chi connectivity index (χ0) is 15.8. The molecule has 0 radical (unpaired) electrons. The van der Waals surface area contributed by atoms with Gasteiger partial charge in [-0.2, -0.15) is 5.26 Å². The highest BCUT2D eigenvalue weighted by Gasteiger charge is 2.39. The van der Waals surface area contributed by atoms with E-state index in [4.69, 9.17) is 10.5 Å². The lowest BCUT2D eigenvalue weighted by atomic mass is 9.74. The minimum Gasteiger partial charge on any atom is -0.420 e. The van der Waals surface area contributed by atoms with Crippen molar-refractivity contribution in [3.05, 3.63) is 46.7 Å². The van der Waals surface area contributed by atoms with E-state index < -0.39 is 0 Å². The van der Waals surface area contributed by atoms with Crippen LogP contribution in [0.1, 0.15) is 30.7 Å². The zero-order valence-electron chi connectivity index (χ0n) is 12.5. The van der Waals surface area contributed by atoms with Gasteiger partial charge in [0.2, 0.25) is 11.8 Å². The van der Waals surface area contributed by atoms with Crippen molar-refractivity contribution in [1.82, 2.24) is 10.2 Å². The van der Waals surface area contributed by atoms with Gasteiger partial charge in [-0.05, 0) is 36.6 Å². The number of nitrogens with zero attached hydrogens (tertiary/aromatic N) is 2. The fourth-order valence-corrected chi connectivity index (χ4v) is 4.22. The van der Waals surface area contributed by atoms with Gasteiger partial charge in [0, 0.05) is 5.92 Å². The maximum absolute atomic E-state index is 9.63. The van der Waals surface area contributed by atoms with Crippen LogP contribution in [0.4, 0.5) is 0 Å². The van der Waals surface area contributed by atoms with Gasteiger partial charge >= 0.3 is 0 Å². The summed E-state index contributed by atoms with van der Waals surface area (Å²) < 4.78 is 5.61. The lowest BCUT2D eigenvalue weighted by Crippen LogP contribution is -2.25. The van der Waals surface area contributed by atoms with Gasteiger partial charge in [0.25, 0.3) is 0 Å². The summed E-state index contributed by atoms with van der Waals surface area (Å²) in [6.45, 7) is 0. The summed E-state index contributed by atoms with van der Waals surface area (Å²) >= 11 is 1.64. The number of rotatable bonds is 2.